The van der Waals surface area contributed by atoms with Gasteiger partial charge in [-0.1, -0.05) is 12.1 Å². The van der Waals surface area contributed by atoms with Gasteiger partial charge in [0, 0.05) is 48.7 Å². The third kappa shape index (κ3) is 5.64. The number of amides is 2. The van der Waals surface area contributed by atoms with E-state index in [0.717, 1.165) is 62.9 Å². The minimum Gasteiger partial charge on any atom is -0.382 e. The molecule has 10 nitrogen and oxygen atoms in total. The van der Waals surface area contributed by atoms with E-state index in [1.807, 2.05) is 22.5 Å². The lowest BCUT2D eigenvalue weighted by Crippen LogP contribution is -2.48. The van der Waals surface area contributed by atoms with Crippen LogP contribution in [0.25, 0.3) is 16.8 Å². The van der Waals surface area contributed by atoms with E-state index in [0.29, 0.717) is 29.1 Å². The van der Waals surface area contributed by atoms with Crippen LogP contribution in [0.4, 0.5) is 24.8 Å². The number of piperidine rings is 1. The molecule has 5 heterocycles. The van der Waals surface area contributed by atoms with E-state index in [1.165, 1.54) is 0 Å². The number of hydrogen-bond donors (Lipinski definition) is 2. The average Bonchev–Trinajstić information content (AvgIpc) is 3.61. The molecule has 3 N–H and O–H groups in total. The van der Waals surface area contributed by atoms with Gasteiger partial charge in [-0.15, -0.1) is 0 Å². The van der Waals surface area contributed by atoms with Gasteiger partial charge in [-0.05, 0) is 63.5 Å². The van der Waals surface area contributed by atoms with Gasteiger partial charge in [0.1, 0.15) is 28.7 Å². The van der Waals surface area contributed by atoms with Crippen molar-refractivity contribution < 1.29 is 22.8 Å². The van der Waals surface area contributed by atoms with E-state index in [-0.39, 0.29) is 29.2 Å². The van der Waals surface area contributed by atoms with Crippen LogP contribution in [0, 0.1) is 0 Å². The number of aromatic nitrogens is 4. The molecule has 3 aromatic heterocycles. The maximum atomic E-state index is 13.3. The number of pyridine rings is 1. The van der Waals surface area contributed by atoms with Gasteiger partial charge in [-0.25, -0.2) is 15.0 Å². The van der Waals surface area contributed by atoms with Crippen LogP contribution >= 0.6 is 0 Å². The van der Waals surface area contributed by atoms with Gasteiger partial charge < -0.3 is 16.0 Å². The Hall–Kier alpha value is -4.52. The van der Waals surface area contributed by atoms with Crippen molar-refractivity contribution in [3.63, 3.8) is 0 Å². The zero-order chi connectivity index (χ0) is 30.3. The number of imidazole rings is 1. The van der Waals surface area contributed by atoms with Crippen molar-refractivity contribution in [2.24, 2.45) is 0 Å². The van der Waals surface area contributed by atoms with Crippen molar-refractivity contribution in [3.05, 3.63) is 71.9 Å². The van der Waals surface area contributed by atoms with E-state index in [2.05, 4.69) is 20.2 Å². The minimum atomic E-state index is -4.55. The van der Waals surface area contributed by atoms with E-state index >= 15 is 0 Å². The fraction of sp³-hybridized carbons (Fsp3) is 0.367. The standard InChI is InChI=1S/C30H31F3N8O2/c1-39-13-3-5-22(39)29(43)40-14-2-4-20(17-40)27-38-24(25-26(34)36-12-15-41(25)27)18-6-8-19(9-7-18)28(42)37-23-16-21(10-11-35-23)30(31,32)33/h6-12,15-16,20,22H,2-5,13-14,17H2,1H3,(H2,34,36)(H,35,37,42)/t20-,22+/m1/s1. The Morgan fingerprint density at radius 2 is 1.79 bits per heavy atom. The number of fused-ring (bicyclic) bond motifs is 1. The van der Waals surface area contributed by atoms with Crippen molar-refractivity contribution in [3.8, 4) is 11.3 Å². The lowest BCUT2D eigenvalue weighted by atomic mass is 9.96. The molecule has 0 unspecified atom stereocenters. The van der Waals surface area contributed by atoms with Crippen LogP contribution in [-0.2, 0) is 11.0 Å². The summed E-state index contributed by atoms with van der Waals surface area (Å²) in [5.41, 5.74) is 7.56. The van der Waals surface area contributed by atoms with Gasteiger partial charge in [0.15, 0.2) is 0 Å². The quantitative estimate of drug-likeness (QED) is 0.351. The fourth-order valence-corrected chi connectivity index (χ4v) is 6.04. The van der Waals surface area contributed by atoms with Crippen LogP contribution < -0.4 is 11.1 Å². The molecule has 2 amide bonds. The molecule has 2 saturated heterocycles. The number of nitrogens with zero attached hydrogens (tertiary/aromatic N) is 6. The second kappa shape index (κ2) is 11.3. The molecule has 0 spiro atoms. The number of alkyl halides is 3. The molecule has 1 aromatic carbocycles. The molecule has 43 heavy (non-hydrogen) atoms. The number of rotatable bonds is 5. The van der Waals surface area contributed by atoms with Crippen molar-refractivity contribution in [2.75, 3.05) is 37.7 Å². The SMILES string of the molecule is CN1CCC[C@H]1C(=O)N1CCC[C@@H](c2nc(-c3ccc(C(=O)Nc4cc(C(F)(F)F)ccn4)cc3)c3c(N)nccn23)C1. The summed E-state index contributed by atoms with van der Waals surface area (Å²) in [4.78, 5) is 43.3. The first-order chi connectivity index (χ1) is 20.6. The topological polar surface area (TPSA) is 122 Å². The number of carbonyl (C=O) groups is 2. The lowest BCUT2D eigenvalue weighted by Gasteiger charge is -2.35. The predicted octanol–water partition coefficient (Wildman–Crippen LogP) is 4.44. The summed E-state index contributed by atoms with van der Waals surface area (Å²) in [6.45, 7) is 2.21. The van der Waals surface area contributed by atoms with Gasteiger partial charge in [-0.2, -0.15) is 13.2 Å². The maximum absolute atomic E-state index is 13.3. The number of carbonyl (C=O) groups excluding carboxylic acids is 2. The summed E-state index contributed by atoms with van der Waals surface area (Å²) < 4.78 is 41.1. The van der Waals surface area contributed by atoms with Crippen LogP contribution in [-0.4, -0.2) is 73.7 Å². The van der Waals surface area contributed by atoms with E-state index in [9.17, 15) is 22.8 Å². The highest BCUT2D eigenvalue weighted by Gasteiger charge is 2.35. The Morgan fingerprint density at radius 3 is 2.51 bits per heavy atom. The van der Waals surface area contributed by atoms with Crippen LogP contribution in [0.5, 0.6) is 0 Å². The Labute approximate surface area is 245 Å². The van der Waals surface area contributed by atoms with E-state index < -0.39 is 17.6 Å². The smallest absolute Gasteiger partial charge is 0.382 e. The van der Waals surface area contributed by atoms with Crippen molar-refractivity contribution in [2.45, 2.75) is 43.8 Å². The molecule has 0 saturated carbocycles. The van der Waals surface area contributed by atoms with Gasteiger partial charge >= 0.3 is 6.18 Å². The van der Waals surface area contributed by atoms with Gasteiger partial charge in [0.25, 0.3) is 5.91 Å². The molecule has 0 radical (unpaired) electrons. The van der Waals surface area contributed by atoms with Crippen molar-refractivity contribution >= 4 is 29.0 Å². The zero-order valence-corrected chi connectivity index (χ0v) is 23.5. The zero-order valence-electron chi connectivity index (χ0n) is 23.5. The number of halogens is 3. The highest BCUT2D eigenvalue weighted by Crippen LogP contribution is 2.35. The van der Waals surface area contributed by atoms with Crippen LogP contribution in [0.3, 0.4) is 0 Å². The molecule has 13 heteroatoms. The van der Waals surface area contributed by atoms with Crippen LogP contribution in [0.1, 0.15) is 53.3 Å². The first-order valence-corrected chi connectivity index (χ1v) is 14.2. The number of hydrogen-bond acceptors (Lipinski definition) is 7. The highest BCUT2D eigenvalue weighted by atomic mass is 19.4. The van der Waals surface area contributed by atoms with Crippen molar-refractivity contribution in [1.82, 2.24) is 29.2 Å². The number of likely N-dealkylation sites (N-methyl/N-ethyl adjacent to an activating group) is 1. The normalized spacial score (nSPS) is 19.6. The number of likely N-dealkylation sites (tertiary alicyclic amines) is 2. The number of nitrogens with one attached hydrogen (secondary N) is 1. The number of nitrogens with two attached hydrogens (primary N) is 1. The molecule has 4 aromatic rings. The summed E-state index contributed by atoms with van der Waals surface area (Å²) in [6.07, 6.45) is 3.50. The molecular formula is C30H31F3N8O2. The molecule has 0 bridgehead atoms. The lowest BCUT2D eigenvalue weighted by molar-refractivity contribution is -0.138. The summed E-state index contributed by atoms with van der Waals surface area (Å²) in [7, 11) is 2.00. The Balaban J connectivity index is 1.25. The highest BCUT2D eigenvalue weighted by molar-refractivity contribution is 6.04. The number of anilines is 2. The Morgan fingerprint density at radius 1 is 1.02 bits per heavy atom. The Bertz CT molecular complexity index is 1670. The van der Waals surface area contributed by atoms with E-state index in [1.54, 1.807) is 30.5 Å². The summed E-state index contributed by atoms with van der Waals surface area (Å²) in [6, 6.07) is 8.09. The maximum Gasteiger partial charge on any atom is 0.416 e. The largest absolute Gasteiger partial charge is 0.416 e. The number of nitrogen functional groups attached to an aromatic ring is 1. The Kier molecular flexibility index (Phi) is 7.50. The van der Waals surface area contributed by atoms with Gasteiger partial charge in [0.05, 0.1) is 11.6 Å². The van der Waals surface area contributed by atoms with Gasteiger partial charge in [0.2, 0.25) is 5.91 Å². The molecule has 6 rings (SSSR count). The number of benzene rings is 1. The summed E-state index contributed by atoms with van der Waals surface area (Å²) >= 11 is 0. The third-order valence-corrected chi connectivity index (χ3v) is 8.26. The molecule has 2 aliphatic rings. The summed E-state index contributed by atoms with van der Waals surface area (Å²) in [5.74, 6) is 0.444. The second-order valence-electron chi connectivity index (χ2n) is 11.1. The first kappa shape index (κ1) is 28.6. The molecular weight excluding hydrogens is 561 g/mol. The molecule has 0 aliphatic carbocycles. The predicted molar refractivity (Wildman–Crippen MR) is 154 cm³/mol. The summed E-state index contributed by atoms with van der Waals surface area (Å²) in [5, 5.41) is 2.42. The second-order valence-corrected chi connectivity index (χ2v) is 11.1. The molecule has 2 fully saturated rings. The minimum absolute atomic E-state index is 0.00234. The van der Waals surface area contributed by atoms with Gasteiger partial charge in [-0.3, -0.25) is 18.9 Å². The monoisotopic (exact) mass is 592 g/mol. The fourth-order valence-electron chi connectivity index (χ4n) is 6.04. The van der Waals surface area contributed by atoms with E-state index in [4.69, 9.17) is 10.7 Å². The van der Waals surface area contributed by atoms with Crippen LogP contribution in [0.15, 0.2) is 55.0 Å². The first-order valence-electron chi connectivity index (χ1n) is 14.2. The molecule has 2 atom stereocenters. The molecule has 2 aliphatic heterocycles. The molecule has 224 valence electrons. The average molecular weight is 593 g/mol. The van der Waals surface area contributed by atoms with Crippen LogP contribution in [0.2, 0.25) is 0 Å². The third-order valence-electron chi connectivity index (χ3n) is 8.26. The van der Waals surface area contributed by atoms with Crippen molar-refractivity contribution in [1.29, 1.82) is 0 Å².